The zero-order chi connectivity index (χ0) is 42.8. The molecule has 0 spiro atoms. The summed E-state index contributed by atoms with van der Waals surface area (Å²) in [6.45, 7) is 6.82. The molecule has 3 heterocycles. The smallest absolute Gasteiger partial charge is 0.197 e. The topological polar surface area (TPSA) is 55.6 Å². The second-order valence-corrected chi connectivity index (χ2v) is 19.2. The minimum atomic E-state index is -0.0383. The maximum atomic E-state index is 14.7. The molecule has 332 valence electrons. The van der Waals surface area contributed by atoms with Crippen LogP contribution in [0.25, 0.3) is 48.9 Å². The molecule has 61 heavy (non-hydrogen) atoms. The molecule has 3 aromatic carbocycles. The predicted octanol–water partition coefficient (Wildman–Crippen LogP) is 16.3. The van der Waals surface area contributed by atoms with Gasteiger partial charge >= 0.3 is 0 Å². The van der Waals surface area contributed by atoms with Crippen LogP contribution in [-0.4, -0.2) is 4.40 Å². The van der Waals surface area contributed by atoms with E-state index in [1.54, 1.807) is 0 Å². The van der Waals surface area contributed by atoms with Crippen LogP contribution in [-0.2, 0) is 19.3 Å². The second-order valence-electron chi connectivity index (χ2n) is 19.2. The lowest BCUT2D eigenvalue weighted by molar-refractivity contribution is 0.556. The summed E-state index contributed by atoms with van der Waals surface area (Å²) in [6.07, 6.45) is 40.9. The van der Waals surface area contributed by atoms with Gasteiger partial charge in [0.1, 0.15) is 0 Å². The van der Waals surface area contributed by atoms with Crippen LogP contribution >= 0.6 is 0 Å². The van der Waals surface area contributed by atoms with Crippen molar-refractivity contribution in [3.63, 3.8) is 0 Å². The molecule has 0 saturated heterocycles. The van der Waals surface area contributed by atoms with Crippen LogP contribution < -0.4 is 16.3 Å². The molecular weight excluding hydrogens is 747 g/mol. The van der Waals surface area contributed by atoms with Crippen molar-refractivity contribution in [2.45, 2.75) is 233 Å². The van der Waals surface area contributed by atoms with Crippen molar-refractivity contribution < 1.29 is 0 Å². The normalized spacial score (nSPS) is 12.2. The van der Waals surface area contributed by atoms with Crippen LogP contribution in [0.5, 0.6) is 0 Å². The average Bonchev–Trinajstić information content (AvgIpc) is 3.27. The van der Waals surface area contributed by atoms with Gasteiger partial charge in [-0.1, -0.05) is 194 Å². The Morgan fingerprint density at radius 2 is 0.459 bits per heavy atom. The highest BCUT2D eigenvalue weighted by atomic mass is 16.1. The number of aryl methyl sites for hydroxylation is 3. The Hall–Kier alpha value is -3.53. The van der Waals surface area contributed by atoms with Crippen molar-refractivity contribution in [1.82, 2.24) is 4.40 Å². The zero-order valence-corrected chi connectivity index (χ0v) is 39.0. The number of hydrogen-bond acceptors (Lipinski definition) is 3. The highest BCUT2D eigenvalue weighted by molar-refractivity contribution is 6.16. The van der Waals surface area contributed by atoms with Gasteiger partial charge < -0.3 is 4.40 Å². The third-order valence-electron chi connectivity index (χ3n) is 14.1. The van der Waals surface area contributed by atoms with E-state index >= 15 is 0 Å². The van der Waals surface area contributed by atoms with E-state index in [4.69, 9.17) is 0 Å². The van der Waals surface area contributed by atoms with E-state index in [9.17, 15) is 14.4 Å². The van der Waals surface area contributed by atoms with Crippen LogP contribution in [0.1, 0.15) is 230 Å². The lowest BCUT2D eigenvalue weighted by Crippen LogP contribution is -2.20. The molecule has 0 saturated carbocycles. The van der Waals surface area contributed by atoms with E-state index in [-0.39, 0.29) is 16.3 Å². The van der Waals surface area contributed by atoms with Gasteiger partial charge in [0, 0.05) is 32.3 Å². The van der Waals surface area contributed by atoms with Crippen molar-refractivity contribution in [2.75, 3.05) is 0 Å². The van der Waals surface area contributed by atoms with Crippen LogP contribution in [0, 0.1) is 0 Å². The Morgan fingerprint density at radius 1 is 0.279 bits per heavy atom. The summed E-state index contributed by atoms with van der Waals surface area (Å²) in [6, 6.07) is 12.5. The fraction of sp³-hybridized carbons (Fsp3) is 0.632. The minimum Gasteiger partial charge on any atom is -0.306 e. The fourth-order valence-corrected chi connectivity index (χ4v) is 10.5. The third kappa shape index (κ3) is 12.4. The summed E-state index contributed by atoms with van der Waals surface area (Å²) < 4.78 is 2.16. The predicted molar refractivity (Wildman–Crippen MR) is 266 cm³/mol. The highest BCUT2D eigenvalue weighted by Gasteiger charge is 2.24. The monoisotopic (exact) mass is 828 g/mol. The second kappa shape index (κ2) is 24.9. The largest absolute Gasteiger partial charge is 0.306 e. The number of aromatic nitrogens is 1. The SMILES string of the molecule is CCCCCCCCCCCCc1cc2c(=O)c3cc(CCCCCCCCCCCC)cc4c(=O)c5cc(CCCCCCCCCCCC)cc6c(=O)c(c1)c2n(c34)c65. The number of benzene rings is 3. The summed E-state index contributed by atoms with van der Waals surface area (Å²) >= 11 is 0. The maximum absolute atomic E-state index is 14.7. The van der Waals surface area contributed by atoms with Crippen molar-refractivity contribution in [3.05, 3.63) is 83.8 Å². The molecule has 6 rings (SSSR count). The average molecular weight is 828 g/mol. The molecular formula is C57H81NO3. The molecule has 0 aliphatic heterocycles. The summed E-state index contributed by atoms with van der Waals surface area (Å²) in [5, 5.41) is 3.77. The van der Waals surface area contributed by atoms with E-state index < -0.39 is 0 Å². The van der Waals surface area contributed by atoms with Gasteiger partial charge in [0.2, 0.25) is 0 Å². The van der Waals surface area contributed by atoms with E-state index in [0.29, 0.717) is 48.9 Å². The first-order chi connectivity index (χ1) is 30.0. The standard InChI is InChI=1S/C57H81NO3/c1-4-7-10-13-16-19-22-25-28-31-34-43-37-46-52-47(38-43)56(60)49-40-45(36-33-30-27-24-21-18-15-12-9-6-3)42-51-54(49)58(52)53-48(55(46)59)39-44(41-50(53)57(51)61)35-32-29-26-23-20-17-14-11-8-5-2/h37-42H,4-36H2,1-3H3. The lowest BCUT2D eigenvalue weighted by atomic mass is 9.92. The first-order valence-corrected chi connectivity index (χ1v) is 25.9. The van der Waals surface area contributed by atoms with Gasteiger partial charge in [-0.15, -0.1) is 0 Å². The van der Waals surface area contributed by atoms with Crippen LogP contribution in [0.15, 0.2) is 50.8 Å². The number of nitrogens with zero attached hydrogens (tertiary/aromatic N) is 1. The van der Waals surface area contributed by atoms with Gasteiger partial charge in [-0.25, -0.2) is 0 Å². The van der Waals surface area contributed by atoms with Gasteiger partial charge in [0.05, 0.1) is 16.6 Å². The molecule has 0 aliphatic carbocycles. The van der Waals surface area contributed by atoms with Crippen LogP contribution in [0.2, 0.25) is 0 Å². The van der Waals surface area contributed by atoms with E-state index in [0.717, 1.165) is 55.2 Å². The summed E-state index contributed by atoms with van der Waals surface area (Å²) in [4.78, 5) is 44.1. The molecule has 0 unspecified atom stereocenters. The van der Waals surface area contributed by atoms with Crippen molar-refractivity contribution >= 4 is 48.9 Å². The van der Waals surface area contributed by atoms with Crippen molar-refractivity contribution in [3.8, 4) is 0 Å². The van der Waals surface area contributed by atoms with E-state index in [1.165, 1.54) is 173 Å². The molecule has 4 heteroatoms. The molecule has 0 atom stereocenters. The molecule has 0 aliphatic rings. The summed E-state index contributed by atoms with van der Waals surface area (Å²) in [5.74, 6) is 0. The minimum absolute atomic E-state index is 0.0383. The van der Waals surface area contributed by atoms with Gasteiger partial charge in [-0.3, -0.25) is 14.4 Å². The number of pyridine rings is 3. The quantitative estimate of drug-likeness (QED) is 0.0236. The number of unbranched alkanes of at least 4 members (excludes halogenated alkanes) is 27. The van der Waals surface area contributed by atoms with Gasteiger partial charge in [-0.05, 0) is 91.6 Å². The molecule has 0 amide bonds. The Labute approximate surface area is 368 Å². The molecule has 0 fully saturated rings. The Kier molecular flexibility index (Phi) is 19.2. The van der Waals surface area contributed by atoms with Crippen LogP contribution in [0.3, 0.4) is 0 Å². The fourth-order valence-electron chi connectivity index (χ4n) is 10.5. The van der Waals surface area contributed by atoms with E-state index in [1.807, 2.05) is 0 Å². The van der Waals surface area contributed by atoms with Crippen molar-refractivity contribution in [1.29, 1.82) is 0 Å². The number of hydrogen-bond donors (Lipinski definition) is 0. The summed E-state index contributed by atoms with van der Waals surface area (Å²) in [7, 11) is 0. The Balaban J connectivity index is 1.27. The van der Waals surface area contributed by atoms with Gasteiger partial charge in [0.15, 0.2) is 16.3 Å². The first-order valence-electron chi connectivity index (χ1n) is 25.9. The molecule has 0 radical (unpaired) electrons. The number of rotatable bonds is 33. The first kappa shape index (κ1) is 47.0. The zero-order valence-electron chi connectivity index (χ0n) is 39.0. The Bertz CT molecular complexity index is 2000. The molecule has 3 aromatic heterocycles. The van der Waals surface area contributed by atoms with E-state index in [2.05, 4.69) is 61.6 Å². The molecule has 0 bridgehead atoms. The molecule has 0 N–H and O–H groups in total. The lowest BCUT2D eigenvalue weighted by Gasteiger charge is -2.20. The molecule has 6 aromatic rings. The highest BCUT2D eigenvalue weighted by Crippen LogP contribution is 2.34. The van der Waals surface area contributed by atoms with Gasteiger partial charge in [-0.2, -0.15) is 0 Å². The third-order valence-corrected chi connectivity index (χ3v) is 14.1. The Morgan fingerprint density at radius 3 is 0.656 bits per heavy atom. The van der Waals surface area contributed by atoms with Crippen molar-refractivity contribution in [2.24, 2.45) is 0 Å². The van der Waals surface area contributed by atoms with Crippen LogP contribution in [0.4, 0.5) is 0 Å². The summed E-state index contributed by atoms with van der Waals surface area (Å²) in [5.41, 5.74) is 5.22. The molecule has 4 nitrogen and oxygen atoms in total. The van der Waals surface area contributed by atoms with Gasteiger partial charge in [0.25, 0.3) is 0 Å². The maximum Gasteiger partial charge on any atom is 0.197 e.